The van der Waals surface area contributed by atoms with Crippen LogP contribution in [0.25, 0.3) is 0 Å². The third-order valence-electron chi connectivity index (χ3n) is 4.85. The van der Waals surface area contributed by atoms with E-state index in [0.29, 0.717) is 38.9 Å². The van der Waals surface area contributed by atoms with Crippen molar-refractivity contribution in [2.45, 2.75) is 50.4 Å². The fourth-order valence-corrected chi connectivity index (χ4v) is 3.51. The minimum atomic E-state index is -0.676. The van der Waals surface area contributed by atoms with Gasteiger partial charge in [0, 0.05) is 52.6 Å². The highest BCUT2D eigenvalue weighted by molar-refractivity contribution is 8.00. The number of carbonyl (C=O) groups excluding carboxylic acids is 4. The molecule has 1 rings (SSSR count). The van der Waals surface area contributed by atoms with Crippen LogP contribution in [-0.2, 0) is 19.2 Å². The Morgan fingerprint density at radius 2 is 1.86 bits per heavy atom. The minimum absolute atomic E-state index is 0.00106. The maximum absolute atomic E-state index is 12.2. The Hall–Kier alpha value is -1.87. The molecule has 1 N–H and O–H groups in total. The summed E-state index contributed by atoms with van der Waals surface area (Å²) in [5, 5.41) is 8.91. The zero-order chi connectivity index (χ0) is 22.0. The number of aliphatic hydroxyl groups is 1. The van der Waals surface area contributed by atoms with Gasteiger partial charge in [0.05, 0.1) is 11.4 Å². The molecule has 1 aliphatic heterocycles. The maximum Gasteiger partial charge on any atom is 0.246 e. The van der Waals surface area contributed by atoms with E-state index in [0.717, 1.165) is 6.42 Å². The summed E-state index contributed by atoms with van der Waals surface area (Å²) in [6.45, 7) is 2.82. The molecule has 4 amide bonds. The van der Waals surface area contributed by atoms with Gasteiger partial charge in [-0.2, -0.15) is 11.8 Å². The van der Waals surface area contributed by atoms with Gasteiger partial charge in [0.15, 0.2) is 0 Å². The van der Waals surface area contributed by atoms with E-state index >= 15 is 0 Å². The molecule has 0 saturated carbocycles. The first-order valence-corrected chi connectivity index (χ1v) is 11.2. The molecule has 1 fully saturated rings. The van der Waals surface area contributed by atoms with Gasteiger partial charge in [0.2, 0.25) is 23.6 Å². The van der Waals surface area contributed by atoms with Crippen molar-refractivity contribution in [3.8, 4) is 0 Å². The third kappa shape index (κ3) is 8.57. The van der Waals surface area contributed by atoms with Crippen LogP contribution >= 0.6 is 11.8 Å². The molecule has 1 heterocycles. The van der Waals surface area contributed by atoms with Gasteiger partial charge < -0.3 is 14.9 Å². The van der Waals surface area contributed by atoms with Crippen molar-refractivity contribution in [1.82, 2.24) is 14.7 Å². The fourth-order valence-electron chi connectivity index (χ4n) is 2.87. The zero-order valence-electron chi connectivity index (χ0n) is 17.8. The van der Waals surface area contributed by atoms with Crippen molar-refractivity contribution in [2.75, 3.05) is 40.0 Å². The quantitative estimate of drug-likeness (QED) is 0.282. The number of hydrogen-bond donors (Lipinski definition) is 1. The number of aliphatic hydroxyl groups excluding tert-OH is 1. The van der Waals surface area contributed by atoms with E-state index in [1.54, 1.807) is 25.9 Å². The van der Waals surface area contributed by atoms with Gasteiger partial charge in [-0.05, 0) is 26.0 Å². The monoisotopic (exact) mass is 427 g/mol. The van der Waals surface area contributed by atoms with E-state index in [1.807, 2.05) is 6.26 Å². The molecule has 2 atom stereocenters. The molecule has 29 heavy (non-hydrogen) atoms. The summed E-state index contributed by atoms with van der Waals surface area (Å²) in [4.78, 5) is 52.4. The minimum Gasteiger partial charge on any atom is -0.389 e. The Kier molecular flexibility index (Phi) is 11.0. The first-order chi connectivity index (χ1) is 13.7. The van der Waals surface area contributed by atoms with Crippen molar-refractivity contribution in [3.05, 3.63) is 12.2 Å². The molecule has 1 aliphatic rings. The van der Waals surface area contributed by atoms with E-state index in [1.165, 1.54) is 33.7 Å². The number of thioether (sulfide) groups is 1. The van der Waals surface area contributed by atoms with Gasteiger partial charge in [-0.15, -0.1) is 0 Å². The lowest BCUT2D eigenvalue weighted by molar-refractivity contribution is -0.138. The second-order valence-corrected chi connectivity index (χ2v) is 8.34. The molecule has 0 aromatic carbocycles. The highest BCUT2D eigenvalue weighted by atomic mass is 32.2. The molecule has 2 unspecified atom stereocenters. The first-order valence-electron chi connectivity index (χ1n) is 9.89. The molecule has 9 heteroatoms. The molecule has 0 aliphatic carbocycles. The van der Waals surface area contributed by atoms with Crippen molar-refractivity contribution in [3.63, 3.8) is 0 Å². The Morgan fingerprint density at radius 1 is 1.21 bits per heavy atom. The predicted octanol–water partition coefficient (Wildman–Crippen LogP) is 0.891. The molecule has 1 saturated heterocycles. The molecule has 0 aromatic heterocycles. The van der Waals surface area contributed by atoms with Crippen LogP contribution in [0.15, 0.2) is 12.2 Å². The Morgan fingerprint density at radius 3 is 2.45 bits per heavy atom. The summed E-state index contributed by atoms with van der Waals surface area (Å²) in [5.41, 5.74) is 0. The van der Waals surface area contributed by atoms with E-state index in [4.69, 9.17) is 5.11 Å². The average molecular weight is 428 g/mol. The topological polar surface area (TPSA) is 98.2 Å². The van der Waals surface area contributed by atoms with Crippen LogP contribution in [0.2, 0.25) is 0 Å². The molecule has 164 valence electrons. The molecule has 0 aromatic rings. The standard InChI is InChI=1S/C20H33N3O5S/c1-15(24)9-10-18(26)22(3)13-12-21(2)17(25)8-6-5-7-11-23-19(27)14-16(29-4)20(23)28/h9-10,15-16,24H,5-8,11-14H2,1-4H3/b10-9+. The van der Waals surface area contributed by atoms with Gasteiger partial charge in [-0.1, -0.05) is 12.5 Å². The number of hydrogen-bond acceptors (Lipinski definition) is 6. The Labute approximate surface area is 177 Å². The average Bonchev–Trinajstić information content (AvgIpc) is 2.96. The summed E-state index contributed by atoms with van der Waals surface area (Å²) in [6.07, 6.45) is 6.73. The smallest absolute Gasteiger partial charge is 0.246 e. The van der Waals surface area contributed by atoms with Crippen LogP contribution in [0.1, 0.15) is 39.0 Å². The third-order valence-corrected chi connectivity index (χ3v) is 5.79. The number of rotatable bonds is 12. The van der Waals surface area contributed by atoms with Crippen LogP contribution < -0.4 is 0 Å². The Bertz CT molecular complexity index is 623. The lowest BCUT2D eigenvalue weighted by atomic mass is 10.1. The SMILES string of the molecule is CSC1CC(=O)N(CCCCCC(=O)N(C)CCN(C)C(=O)/C=C/C(C)O)C1=O. The van der Waals surface area contributed by atoms with Crippen LogP contribution in [0.3, 0.4) is 0 Å². The Balaban J connectivity index is 2.22. The molecular weight excluding hydrogens is 394 g/mol. The number of amides is 4. The number of nitrogens with zero attached hydrogens (tertiary/aromatic N) is 3. The van der Waals surface area contributed by atoms with Gasteiger partial charge in [0.1, 0.15) is 0 Å². The highest BCUT2D eigenvalue weighted by Gasteiger charge is 2.37. The van der Waals surface area contributed by atoms with Crippen LogP contribution in [0.4, 0.5) is 0 Å². The number of likely N-dealkylation sites (tertiary alicyclic amines) is 1. The van der Waals surface area contributed by atoms with Crippen molar-refractivity contribution in [1.29, 1.82) is 0 Å². The van der Waals surface area contributed by atoms with E-state index in [9.17, 15) is 19.2 Å². The van der Waals surface area contributed by atoms with Gasteiger partial charge in [-0.3, -0.25) is 24.1 Å². The molecule has 0 spiro atoms. The van der Waals surface area contributed by atoms with Crippen molar-refractivity contribution < 1.29 is 24.3 Å². The molecule has 0 bridgehead atoms. The number of imide groups is 1. The summed E-state index contributed by atoms with van der Waals surface area (Å²) in [5.74, 6) is -0.421. The normalized spacial score (nSPS) is 17.8. The summed E-state index contributed by atoms with van der Waals surface area (Å²) in [7, 11) is 3.35. The molecule has 8 nitrogen and oxygen atoms in total. The van der Waals surface area contributed by atoms with Crippen LogP contribution in [-0.4, -0.2) is 94.8 Å². The second-order valence-electron chi connectivity index (χ2n) is 7.30. The van der Waals surface area contributed by atoms with E-state index < -0.39 is 6.10 Å². The van der Waals surface area contributed by atoms with Crippen molar-refractivity contribution in [2.24, 2.45) is 0 Å². The van der Waals surface area contributed by atoms with E-state index in [-0.39, 0.29) is 35.3 Å². The number of likely N-dealkylation sites (N-methyl/N-ethyl adjacent to an activating group) is 2. The summed E-state index contributed by atoms with van der Waals surface area (Å²) in [6, 6.07) is 0. The maximum atomic E-state index is 12.2. The second kappa shape index (κ2) is 12.6. The lowest BCUT2D eigenvalue weighted by Crippen LogP contribution is -2.36. The number of carbonyl (C=O) groups is 4. The van der Waals surface area contributed by atoms with Gasteiger partial charge >= 0.3 is 0 Å². The molecule has 0 radical (unpaired) electrons. The summed E-state index contributed by atoms with van der Waals surface area (Å²) < 4.78 is 0. The van der Waals surface area contributed by atoms with E-state index in [2.05, 4.69) is 0 Å². The highest BCUT2D eigenvalue weighted by Crippen LogP contribution is 2.23. The first kappa shape index (κ1) is 25.2. The van der Waals surface area contributed by atoms with Crippen LogP contribution in [0.5, 0.6) is 0 Å². The summed E-state index contributed by atoms with van der Waals surface area (Å²) >= 11 is 1.41. The molecular formula is C20H33N3O5S. The van der Waals surface area contributed by atoms with Gasteiger partial charge in [0.25, 0.3) is 0 Å². The number of unbranched alkanes of at least 4 members (excludes halogenated alkanes) is 2. The lowest BCUT2D eigenvalue weighted by Gasteiger charge is -2.22. The zero-order valence-corrected chi connectivity index (χ0v) is 18.6. The van der Waals surface area contributed by atoms with Crippen LogP contribution in [0, 0.1) is 0 Å². The van der Waals surface area contributed by atoms with Gasteiger partial charge in [-0.25, -0.2) is 0 Å². The largest absolute Gasteiger partial charge is 0.389 e. The predicted molar refractivity (Wildman–Crippen MR) is 113 cm³/mol. The van der Waals surface area contributed by atoms with Crippen molar-refractivity contribution >= 4 is 35.4 Å². The fraction of sp³-hybridized carbons (Fsp3) is 0.700.